The summed E-state index contributed by atoms with van der Waals surface area (Å²) in [7, 11) is 1.27. The summed E-state index contributed by atoms with van der Waals surface area (Å²) in [4.78, 5) is 3.46. The Kier molecular flexibility index (Phi) is 3.52. The number of rotatable bonds is 3. The Bertz CT molecular complexity index is 402. The summed E-state index contributed by atoms with van der Waals surface area (Å²) in [6.07, 6.45) is -2.87. The molecule has 0 unspecified atom stereocenters. The van der Waals surface area contributed by atoms with Crippen LogP contribution in [0.25, 0.3) is 0 Å². The van der Waals surface area contributed by atoms with Crippen molar-refractivity contribution in [3.05, 3.63) is 22.9 Å². The van der Waals surface area contributed by atoms with Crippen molar-refractivity contribution < 1.29 is 18.6 Å². The van der Waals surface area contributed by atoms with Crippen molar-refractivity contribution >= 4 is 0 Å². The third-order valence-electron chi connectivity index (χ3n) is 1.80. The van der Waals surface area contributed by atoms with Gasteiger partial charge in [0.15, 0.2) is 0 Å². The van der Waals surface area contributed by atoms with Crippen LogP contribution in [-0.4, -0.2) is 17.2 Å². The van der Waals surface area contributed by atoms with E-state index in [1.807, 2.05) is 0 Å². The zero-order valence-corrected chi connectivity index (χ0v) is 7.87. The fourth-order valence-electron chi connectivity index (χ4n) is 1.11. The first-order valence-electron chi connectivity index (χ1n) is 4.01. The van der Waals surface area contributed by atoms with Crippen LogP contribution >= 0.6 is 0 Å². The Balaban J connectivity index is 3.41. The van der Waals surface area contributed by atoms with Gasteiger partial charge in [-0.25, -0.2) is 13.8 Å². The van der Waals surface area contributed by atoms with Crippen LogP contribution in [0.15, 0.2) is 6.07 Å². The molecule has 1 aromatic rings. The smallest absolute Gasteiger partial charge is 0.281 e. The van der Waals surface area contributed by atoms with Crippen LogP contribution in [0.1, 0.15) is 23.2 Å². The Morgan fingerprint density at radius 1 is 1.67 bits per heavy atom. The number of halogens is 2. The molecular formula is C9H8F2N2O2. The number of ether oxygens (including phenoxy) is 1. The van der Waals surface area contributed by atoms with Gasteiger partial charge >= 0.3 is 0 Å². The Morgan fingerprint density at radius 2 is 2.33 bits per heavy atom. The number of hydrogen-bond donors (Lipinski definition) is 1. The van der Waals surface area contributed by atoms with Gasteiger partial charge in [-0.2, -0.15) is 5.26 Å². The highest BCUT2D eigenvalue weighted by atomic mass is 19.3. The van der Waals surface area contributed by atoms with Crippen molar-refractivity contribution in [2.24, 2.45) is 0 Å². The maximum absolute atomic E-state index is 12.5. The van der Waals surface area contributed by atoms with Gasteiger partial charge in [0.1, 0.15) is 11.8 Å². The van der Waals surface area contributed by atoms with Gasteiger partial charge in [-0.1, -0.05) is 0 Å². The lowest BCUT2D eigenvalue weighted by Gasteiger charge is -2.08. The molecule has 0 aromatic carbocycles. The van der Waals surface area contributed by atoms with E-state index in [0.717, 1.165) is 0 Å². The molecule has 80 valence electrons. The van der Waals surface area contributed by atoms with Crippen molar-refractivity contribution in [3.63, 3.8) is 0 Å². The first-order valence-corrected chi connectivity index (χ1v) is 4.01. The summed E-state index contributed by atoms with van der Waals surface area (Å²) in [6, 6.07) is 2.84. The molecule has 0 atom stereocenters. The van der Waals surface area contributed by atoms with Crippen LogP contribution in [0.2, 0.25) is 0 Å². The highest BCUT2D eigenvalue weighted by Crippen LogP contribution is 2.26. The molecule has 15 heavy (non-hydrogen) atoms. The molecular weight excluding hydrogens is 206 g/mol. The molecule has 0 saturated heterocycles. The van der Waals surface area contributed by atoms with Crippen LogP contribution < -0.4 is 4.74 Å². The van der Waals surface area contributed by atoms with E-state index in [4.69, 9.17) is 10.4 Å². The normalized spacial score (nSPS) is 10.1. The van der Waals surface area contributed by atoms with Crippen molar-refractivity contribution in [2.75, 3.05) is 7.11 Å². The minimum atomic E-state index is -2.87. The molecule has 1 heterocycles. The second-order valence-electron chi connectivity index (χ2n) is 2.65. The quantitative estimate of drug-likeness (QED) is 0.825. The number of alkyl halides is 2. The van der Waals surface area contributed by atoms with E-state index in [-0.39, 0.29) is 17.0 Å². The molecule has 4 nitrogen and oxygen atoms in total. The molecule has 0 aliphatic rings. The van der Waals surface area contributed by atoms with Crippen LogP contribution in [0.3, 0.4) is 0 Å². The molecule has 1 N–H and O–H groups in total. The second kappa shape index (κ2) is 4.66. The first-order chi connectivity index (χ1) is 7.13. The molecule has 1 aromatic heterocycles. The Morgan fingerprint density at radius 3 is 2.73 bits per heavy atom. The fraction of sp³-hybridized carbons (Fsp3) is 0.333. The SMILES string of the molecule is COc1cc(CO)c(C#N)c(C(F)F)n1. The molecule has 0 aliphatic carbocycles. The van der Waals surface area contributed by atoms with Crippen molar-refractivity contribution in [1.29, 1.82) is 5.26 Å². The van der Waals surface area contributed by atoms with Crippen LogP contribution in [0.4, 0.5) is 8.78 Å². The number of methoxy groups -OCH3 is 1. The van der Waals surface area contributed by atoms with Gasteiger partial charge in [0.25, 0.3) is 6.43 Å². The fourth-order valence-corrected chi connectivity index (χ4v) is 1.11. The zero-order chi connectivity index (χ0) is 11.4. The van der Waals surface area contributed by atoms with Gasteiger partial charge in [0.2, 0.25) is 5.88 Å². The lowest BCUT2D eigenvalue weighted by molar-refractivity contribution is 0.144. The van der Waals surface area contributed by atoms with E-state index in [9.17, 15) is 8.78 Å². The molecule has 6 heteroatoms. The van der Waals surface area contributed by atoms with E-state index in [0.29, 0.717) is 0 Å². The van der Waals surface area contributed by atoms with E-state index in [1.165, 1.54) is 13.2 Å². The highest BCUT2D eigenvalue weighted by Gasteiger charge is 2.19. The Labute approximate surface area is 84.7 Å². The van der Waals surface area contributed by atoms with E-state index in [2.05, 4.69) is 9.72 Å². The van der Waals surface area contributed by atoms with E-state index < -0.39 is 18.7 Å². The molecule has 0 aliphatic heterocycles. The van der Waals surface area contributed by atoms with E-state index >= 15 is 0 Å². The Hall–Kier alpha value is -1.74. The van der Waals surface area contributed by atoms with Crippen LogP contribution in [0, 0.1) is 11.3 Å². The van der Waals surface area contributed by atoms with Gasteiger partial charge in [0.05, 0.1) is 19.3 Å². The molecule has 0 amide bonds. The molecule has 0 spiro atoms. The van der Waals surface area contributed by atoms with Gasteiger partial charge < -0.3 is 9.84 Å². The van der Waals surface area contributed by atoms with Gasteiger partial charge in [0, 0.05) is 11.6 Å². The maximum Gasteiger partial charge on any atom is 0.281 e. The first kappa shape index (κ1) is 11.3. The molecule has 1 rings (SSSR count). The molecule has 0 fully saturated rings. The predicted octanol–water partition coefficient (Wildman–Crippen LogP) is 1.39. The summed E-state index contributed by atoms with van der Waals surface area (Å²) in [5.74, 6) is -0.0478. The zero-order valence-electron chi connectivity index (χ0n) is 7.87. The summed E-state index contributed by atoms with van der Waals surface area (Å²) in [5.41, 5.74) is -0.881. The number of nitriles is 1. The largest absolute Gasteiger partial charge is 0.481 e. The third-order valence-corrected chi connectivity index (χ3v) is 1.80. The van der Waals surface area contributed by atoms with Crippen molar-refractivity contribution in [2.45, 2.75) is 13.0 Å². The van der Waals surface area contributed by atoms with Crippen LogP contribution in [0.5, 0.6) is 5.88 Å². The van der Waals surface area contributed by atoms with Crippen LogP contribution in [-0.2, 0) is 6.61 Å². The van der Waals surface area contributed by atoms with Crippen molar-refractivity contribution in [1.82, 2.24) is 4.98 Å². The number of hydrogen-bond acceptors (Lipinski definition) is 4. The van der Waals surface area contributed by atoms with E-state index in [1.54, 1.807) is 6.07 Å². The third kappa shape index (κ3) is 2.19. The van der Waals surface area contributed by atoms with Crippen molar-refractivity contribution in [3.8, 4) is 11.9 Å². The van der Waals surface area contributed by atoms with Gasteiger partial charge in [-0.3, -0.25) is 0 Å². The summed E-state index contributed by atoms with van der Waals surface area (Å²) in [5, 5.41) is 17.6. The predicted molar refractivity (Wildman–Crippen MR) is 46.4 cm³/mol. The summed E-state index contributed by atoms with van der Waals surface area (Å²) in [6.45, 7) is -0.512. The molecule has 0 saturated carbocycles. The number of pyridine rings is 1. The number of aliphatic hydroxyl groups is 1. The maximum atomic E-state index is 12.5. The lowest BCUT2D eigenvalue weighted by atomic mass is 10.1. The lowest BCUT2D eigenvalue weighted by Crippen LogP contribution is -2.03. The minimum Gasteiger partial charge on any atom is -0.481 e. The summed E-state index contributed by atoms with van der Waals surface area (Å²) < 4.78 is 29.7. The standard InChI is InChI=1S/C9H8F2N2O2/c1-15-7-2-5(4-14)6(3-12)8(13-7)9(10)11/h2,9,14H,4H2,1H3. The van der Waals surface area contributed by atoms with Gasteiger partial charge in [-0.15, -0.1) is 0 Å². The minimum absolute atomic E-state index is 0.0478. The second-order valence-corrected chi connectivity index (χ2v) is 2.65. The number of aliphatic hydroxyl groups excluding tert-OH is 1. The molecule has 0 radical (unpaired) electrons. The number of aromatic nitrogens is 1. The monoisotopic (exact) mass is 214 g/mol. The topological polar surface area (TPSA) is 66.1 Å². The average molecular weight is 214 g/mol. The summed E-state index contributed by atoms with van der Waals surface area (Å²) >= 11 is 0. The molecule has 0 bridgehead atoms. The van der Waals surface area contributed by atoms with Gasteiger partial charge in [-0.05, 0) is 0 Å². The number of nitrogens with zero attached hydrogens (tertiary/aromatic N) is 2. The highest BCUT2D eigenvalue weighted by molar-refractivity contribution is 5.43. The average Bonchev–Trinajstić information content (AvgIpc) is 2.26.